The van der Waals surface area contributed by atoms with Gasteiger partial charge in [-0.1, -0.05) is 55.8 Å². The van der Waals surface area contributed by atoms with Crippen LogP contribution in [0.1, 0.15) is 61.8 Å². The molecule has 1 aliphatic heterocycles. The number of ether oxygens (including phenoxy) is 1. The largest absolute Gasteiger partial charge is 0.487 e. The predicted molar refractivity (Wildman–Crippen MR) is 88.3 cm³/mol. The molecule has 0 unspecified atom stereocenters. The minimum Gasteiger partial charge on any atom is -0.487 e. The van der Waals surface area contributed by atoms with Crippen LogP contribution in [0.3, 0.4) is 0 Å². The van der Waals surface area contributed by atoms with Gasteiger partial charge in [-0.25, -0.2) is 0 Å². The first-order chi connectivity index (χ1) is 9.88. The Morgan fingerprint density at radius 2 is 1.67 bits per heavy atom. The topological polar surface area (TPSA) is 9.23 Å². The summed E-state index contributed by atoms with van der Waals surface area (Å²) in [5.41, 5.74) is 5.14. The zero-order valence-electron chi connectivity index (χ0n) is 13.6. The second-order valence-corrected chi connectivity index (χ2v) is 7.00. The molecule has 0 saturated heterocycles. The molecule has 0 radical (unpaired) electrons. The first-order valence-corrected chi connectivity index (χ1v) is 7.78. The van der Waals surface area contributed by atoms with Crippen LogP contribution >= 0.6 is 0 Å². The van der Waals surface area contributed by atoms with E-state index in [1.807, 2.05) is 0 Å². The van der Waals surface area contributed by atoms with Crippen LogP contribution in [0.2, 0.25) is 0 Å². The summed E-state index contributed by atoms with van der Waals surface area (Å²) in [5.74, 6) is 1.90. The van der Waals surface area contributed by atoms with Crippen molar-refractivity contribution in [2.24, 2.45) is 0 Å². The van der Waals surface area contributed by atoms with Crippen LogP contribution < -0.4 is 4.74 Å². The minimum absolute atomic E-state index is 0.199. The fourth-order valence-corrected chi connectivity index (χ4v) is 3.36. The van der Waals surface area contributed by atoms with E-state index in [0.29, 0.717) is 11.8 Å². The van der Waals surface area contributed by atoms with Gasteiger partial charge in [0.25, 0.3) is 0 Å². The van der Waals surface area contributed by atoms with E-state index >= 15 is 0 Å². The molecule has 110 valence electrons. The highest BCUT2D eigenvalue weighted by Gasteiger charge is 2.41. The summed E-state index contributed by atoms with van der Waals surface area (Å²) < 4.78 is 6.19. The zero-order valence-corrected chi connectivity index (χ0v) is 13.6. The summed E-state index contributed by atoms with van der Waals surface area (Å²) in [4.78, 5) is 0. The summed E-state index contributed by atoms with van der Waals surface area (Å²) in [6, 6.07) is 15.5. The Hall–Kier alpha value is -1.76. The first kappa shape index (κ1) is 14.2. The van der Waals surface area contributed by atoms with E-state index < -0.39 is 0 Å². The maximum atomic E-state index is 6.19. The molecular formula is C20H24O. The van der Waals surface area contributed by atoms with Gasteiger partial charge in [-0.05, 0) is 43.9 Å². The second-order valence-electron chi connectivity index (χ2n) is 7.00. The highest BCUT2D eigenvalue weighted by atomic mass is 16.5. The lowest BCUT2D eigenvalue weighted by Gasteiger charge is -2.27. The van der Waals surface area contributed by atoms with Gasteiger partial charge in [0, 0.05) is 5.56 Å². The van der Waals surface area contributed by atoms with Gasteiger partial charge < -0.3 is 4.74 Å². The van der Waals surface area contributed by atoms with Crippen molar-refractivity contribution in [3.05, 3.63) is 64.7 Å². The smallest absolute Gasteiger partial charge is 0.124 e. The summed E-state index contributed by atoms with van der Waals surface area (Å²) in [6.45, 7) is 11.0. The molecule has 0 aromatic heterocycles. The maximum absolute atomic E-state index is 6.19. The van der Waals surface area contributed by atoms with Crippen LogP contribution in [0.5, 0.6) is 5.75 Å². The van der Waals surface area contributed by atoms with Crippen LogP contribution in [0.25, 0.3) is 0 Å². The molecule has 0 N–H and O–H groups in total. The van der Waals surface area contributed by atoms with Crippen LogP contribution in [-0.4, -0.2) is 5.60 Å². The Balaban J connectivity index is 2.06. The number of hydrogen-bond acceptors (Lipinski definition) is 1. The SMILES string of the molecule is Cc1ccc2c(c1)[C@@H](c1ccc(C(C)C)cc1)C(C)(C)O2. The minimum atomic E-state index is -0.199. The van der Waals surface area contributed by atoms with Crippen molar-refractivity contribution in [2.45, 2.75) is 52.1 Å². The van der Waals surface area contributed by atoms with Crippen LogP contribution in [0.4, 0.5) is 0 Å². The van der Waals surface area contributed by atoms with Crippen molar-refractivity contribution in [3.8, 4) is 5.75 Å². The van der Waals surface area contributed by atoms with E-state index in [4.69, 9.17) is 4.74 Å². The van der Waals surface area contributed by atoms with Gasteiger partial charge in [0.1, 0.15) is 11.4 Å². The van der Waals surface area contributed by atoms with E-state index in [-0.39, 0.29) is 5.60 Å². The molecule has 1 heteroatoms. The Morgan fingerprint density at radius 1 is 1.00 bits per heavy atom. The van der Waals surface area contributed by atoms with Gasteiger partial charge in [-0.3, -0.25) is 0 Å². The highest BCUT2D eigenvalue weighted by molar-refractivity contribution is 5.50. The number of fused-ring (bicyclic) bond motifs is 1. The molecule has 1 nitrogen and oxygen atoms in total. The standard InChI is InChI=1S/C20H24O/c1-13(2)15-7-9-16(10-8-15)19-17-12-14(3)6-11-18(17)21-20(19,4)5/h6-13,19H,1-5H3/t19-/m1/s1. The molecule has 1 atom stereocenters. The van der Waals surface area contributed by atoms with E-state index in [2.05, 4.69) is 77.1 Å². The molecule has 0 aliphatic carbocycles. The van der Waals surface area contributed by atoms with Gasteiger partial charge >= 0.3 is 0 Å². The van der Waals surface area contributed by atoms with Crippen LogP contribution in [0, 0.1) is 6.92 Å². The van der Waals surface area contributed by atoms with E-state index in [1.165, 1.54) is 22.3 Å². The number of hydrogen-bond donors (Lipinski definition) is 0. The van der Waals surface area contributed by atoms with Gasteiger partial charge in [0.2, 0.25) is 0 Å². The van der Waals surface area contributed by atoms with E-state index in [9.17, 15) is 0 Å². The average molecular weight is 280 g/mol. The average Bonchev–Trinajstić information content (AvgIpc) is 2.68. The monoisotopic (exact) mass is 280 g/mol. The molecule has 0 bridgehead atoms. The van der Waals surface area contributed by atoms with Crippen molar-refractivity contribution in [1.82, 2.24) is 0 Å². The number of rotatable bonds is 2. The summed E-state index contributed by atoms with van der Waals surface area (Å²) in [5, 5.41) is 0. The Bertz CT molecular complexity index is 650. The van der Waals surface area contributed by atoms with Gasteiger partial charge in [-0.15, -0.1) is 0 Å². The molecule has 0 amide bonds. The fourth-order valence-electron chi connectivity index (χ4n) is 3.36. The third-order valence-electron chi connectivity index (χ3n) is 4.48. The molecule has 3 rings (SSSR count). The number of benzene rings is 2. The Kier molecular flexibility index (Phi) is 3.32. The van der Waals surface area contributed by atoms with Crippen LogP contribution in [0.15, 0.2) is 42.5 Å². The molecule has 0 spiro atoms. The van der Waals surface area contributed by atoms with Crippen molar-refractivity contribution >= 4 is 0 Å². The summed E-state index contributed by atoms with van der Waals surface area (Å²) >= 11 is 0. The van der Waals surface area contributed by atoms with Crippen molar-refractivity contribution < 1.29 is 4.74 Å². The summed E-state index contributed by atoms with van der Waals surface area (Å²) in [6.07, 6.45) is 0. The highest BCUT2D eigenvalue weighted by Crippen LogP contribution is 2.48. The second kappa shape index (κ2) is 4.91. The molecule has 2 aromatic carbocycles. The molecular weight excluding hydrogens is 256 g/mol. The molecule has 1 aliphatic rings. The lowest BCUT2D eigenvalue weighted by molar-refractivity contribution is 0.122. The maximum Gasteiger partial charge on any atom is 0.124 e. The van der Waals surface area contributed by atoms with Crippen molar-refractivity contribution in [3.63, 3.8) is 0 Å². The van der Waals surface area contributed by atoms with Gasteiger partial charge in [-0.2, -0.15) is 0 Å². The molecule has 0 fully saturated rings. The van der Waals surface area contributed by atoms with Gasteiger partial charge in [0.15, 0.2) is 0 Å². The lowest BCUT2D eigenvalue weighted by atomic mass is 9.80. The normalized spacial score (nSPS) is 19.4. The van der Waals surface area contributed by atoms with Crippen molar-refractivity contribution in [2.75, 3.05) is 0 Å². The third kappa shape index (κ3) is 2.46. The fraction of sp³-hybridized carbons (Fsp3) is 0.400. The summed E-state index contributed by atoms with van der Waals surface area (Å²) in [7, 11) is 0. The molecule has 0 saturated carbocycles. The molecule has 1 heterocycles. The first-order valence-electron chi connectivity index (χ1n) is 7.78. The quantitative estimate of drug-likeness (QED) is 0.713. The van der Waals surface area contributed by atoms with E-state index in [0.717, 1.165) is 5.75 Å². The zero-order chi connectivity index (χ0) is 15.2. The third-order valence-corrected chi connectivity index (χ3v) is 4.48. The Morgan fingerprint density at radius 3 is 2.29 bits per heavy atom. The van der Waals surface area contributed by atoms with Crippen LogP contribution in [-0.2, 0) is 0 Å². The van der Waals surface area contributed by atoms with Gasteiger partial charge in [0.05, 0.1) is 5.92 Å². The predicted octanol–water partition coefficient (Wildman–Crippen LogP) is 5.42. The van der Waals surface area contributed by atoms with E-state index in [1.54, 1.807) is 0 Å². The molecule has 21 heavy (non-hydrogen) atoms. The lowest BCUT2D eigenvalue weighted by Crippen LogP contribution is -2.30. The Labute approximate surface area is 128 Å². The number of aryl methyl sites for hydroxylation is 1. The van der Waals surface area contributed by atoms with Crippen molar-refractivity contribution in [1.29, 1.82) is 0 Å². The molecule has 2 aromatic rings.